The van der Waals surface area contributed by atoms with E-state index in [1.807, 2.05) is 0 Å². The molecule has 0 saturated heterocycles. The molecule has 2 saturated carbocycles. The largest absolute Gasteiger partial charge is 0.299 e. The molecule has 1 nitrogen and oxygen atoms in total. The first-order valence-electron chi connectivity index (χ1n) is 10.3. The second-order valence-corrected chi connectivity index (χ2v) is 11.3. The highest BCUT2D eigenvalue weighted by Gasteiger charge is 2.49. The number of aryl methyl sites for hydroxylation is 1. The van der Waals surface area contributed by atoms with E-state index in [0.717, 1.165) is 26.1 Å². The molecule has 2 fully saturated rings. The van der Waals surface area contributed by atoms with Crippen molar-refractivity contribution in [1.29, 1.82) is 0 Å². The molecule has 2 aliphatic rings. The minimum Gasteiger partial charge on any atom is -0.299 e. The van der Waals surface area contributed by atoms with Gasteiger partial charge in [0.05, 0.1) is 8.65 Å². The summed E-state index contributed by atoms with van der Waals surface area (Å²) in [7, 11) is 0. The van der Waals surface area contributed by atoms with Gasteiger partial charge in [0.2, 0.25) is 0 Å². The van der Waals surface area contributed by atoms with E-state index in [1.54, 1.807) is 5.56 Å². The Kier molecular flexibility index (Phi) is 5.83. The van der Waals surface area contributed by atoms with Crippen molar-refractivity contribution in [2.75, 3.05) is 13.1 Å². The third-order valence-electron chi connectivity index (χ3n) is 6.06. The molecule has 2 aromatic rings. The maximum absolute atomic E-state index is 4.01. The third-order valence-corrected chi connectivity index (χ3v) is 8.50. The number of hydrogen-bond acceptors (Lipinski definition) is 1. The van der Waals surface area contributed by atoms with Crippen LogP contribution in [0.15, 0.2) is 48.5 Å². The summed E-state index contributed by atoms with van der Waals surface area (Å²) in [6.07, 6.45) is 7.46. The minimum absolute atomic E-state index is 0.254. The molecule has 0 N–H and O–H groups in total. The second kappa shape index (κ2) is 8.00. The predicted molar refractivity (Wildman–Crippen MR) is 122 cm³/mol. The molecule has 0 atom stereocenters. The van der Waals surface area contributed by atoms with Gasteiger partial charge in [-0.2, -0.15) is 0 Å². The van der Waals surface area contributed by atoms with Crippen molar-refractivity contribution in [3.63, 3.8) is 0 Å². The Morgan fingerprint density at radius 1 is 0.852 bits per heavy atom. The predicted octanol–water partition coefficient (Wildman–Crippen LogP) is 6.91. The fraction of sp³-hybridized carbons (Fsp3) is 0.500. The molecular weight excluding hydrogens is 462 g/mol. The van der Waals surface area contributed by atoms with E-state index in [1.165, 1.54) is 48.8 Å². The number of halogens is 2. The van der Waals surface area contributed by atoms with E-state index < -0.39 is 0 Å². The molecule has 0 radical (unpaired) electrons. The van der Waals surface area contributed by atoms with Gasteiger partial charge in [-0.15, -0.1) is 0 Å². The van der Waals surface area contributed by atoms with Crippen LogP contribution >= 0.6 is 31.9 Å². The summed E-state index contributed by atoms with van der Waals surface area (Å²) in [5, 5.41) is 0. The van der Waals surface area contributed by atoms with Crippen molar-refractivity contribution in [1.82, 2.24) is 4.90 Å². The first-order chi connectivity index (χ1) is 13.0. The fourth-order valence-electron chi connectivity index (χ4n) is 3.96. The average Bonchev–Trinajstić information content (AvgIpc) is 3.61. The first-order valence-corrected chi connectivity index (χ1v) is 11.9. The lowest BCUT2D eigenvalue weighted by Gasteiger charge is -2.21. The van der Waals surface area contributed by atoms with Gasteiger partial charge < -0.3 is 0 Å². The van der Waals surface area contributed by atoms with Crippen LogP contribution in [-0.4, -0.2) is 18.0 Å². The van der Waals surface area contributed by atoms with Gasteiger partial charge in [0, 0.05) is 6.54 Å². The number of rotatable bonds is 9. The molecule has 0 heterocycles. The zero-order valence-electron chi connectivity index (χ0n) is 16.2. The fourth-order valence-corrected chi connectivity index (χ4v) is 5.03. The summed E-state index contributed by atoms with van der Waals surface area (Å²) in [5.41, 5.74) is 5.98. The molecule has 4 rings (SSSR count). The highest BCUT2D eigenvalue weighted by atomic mass is 79.9. The lowest BCUT2D eigenvalue weighted by atomic mass is 9.95. The monoisotopic (exact) mass is 489 g/mol. The molecule has 0 spiro atoms. The first kappa shape index (κ1) is 19.7. The van der Waals surface area contributed by atoms with Crippen LogP contribution in [0, 0.1) is 0 Å². The quantitative estimate of drug-likeness (QED) is 0.345. The highest BCUT2D eigenvalue weighted by molar-refractivity contribution is 9.10. The molecule has 27 heavy (non-hydrogen) atoms. The summed E-state index contributed by atoms with van der Waals surface area (Å²) in [6.45, 7) is 5.58. The summed E-state index contributed by atoms with van der Waals surface area (Å²) in [6, 6.07) is 18.1. The van der Waals surface area contributed by atoms with Crippen LogP contribution in [0.25, 0.3) is 0 Å². The second-order valence-electron chi connectivity index (χ2n) is 8.27. The smallest absolute Gasteiger partial charge is 0.0510 e. The van der Waals surface area contributed by atoms with E-state index in [4.69, 9.17) is 0 Å². The molecule has 2 aliphatic carbocycles. The Morgan fingerprint density at radius 2 is 1.52 bits per heavy atom. The molecular formula is C24H29Br2N. The molecule has 3 heteroatoms. The normalized spacial score (nSPS) is 19.3. The molecule has 0 bridgehead atoms. The maximum Gasteiger partial charge on any atom is 0.0510 e. The van der Waals surface area contributed by atoms with Crippen LogP contribution in [0.5, 0.6) is 0 Å². The molecule has 0 aliphatic heterocycles. The zero-order chi connectivity index (χ0) is 18.9. The Labute approximate surface area is 180 Å². The molecule has 0 amide bonds. The molecule has 2 aromatic carbocycles. The van der Waals surface area contributed by atoms with Crippen LogP contribution < -0.4 is 0 Å². The Balaban J connectivity index is 1.38. The van der Waals surface area contributed by atoms with Gasteiger partial charge in [0.1, 0.15) is 0 Å². The molecule has 0 aromatic heterocycles. The third kappa shape index (κ3) is 4.68. The SMILES string of the molecule is CCN(CCCc1ccc(C2(Br)CC2)c(C2(Br)CC2)c1)Cc1ccccc1. The Bertz CT molecular complexity index is 778. The van der Waals surface area contributed by atoms with E-state index in [0.29, 0.717) is 0 Å². The van der Waals surface area contributed by atoms with E-state index >= 15 is 0 Å². The van der Waals surface area contributed by atoms with Crippen molar-refractivity contribution in [3.8, 4) is 0 Å². The van der Waals surface area contributed by atoms with Crippen LogP contribution in [0.2, 0.25) is 0 Å². The van der Waals surface area contributed by atoms with Crippen molar-refractivity contribution in [2.45, 2.75) is 60.6 Å². The Morgan fingerprint density at radius 3 is 2.15 bits per heavy atom. The van der Waals surface area contributed by atoms with Gasteiger partial charge in [-0.25, -0.2) is 0 Å². The van der Waals surface area contributed by atoms with E-state index in [-0.39, 0.29) is 8.65 Å². The minimum atomic E-state index is 0.254. The highest BCUT2D eigenvalue weighted by Crippen LogP contribution is 2.61. The lowest BCUT2D eigenvalue weighted by Crippen LogP contribution is -2.24. The van der Waals surface area contributed by atoms with Crippen LogP contribution in [-0.2, 0) is 21.6 Å². The van der Waals surface area contributed by atoms with Crippen LogP contribution in [0.3, 0.4) is 0 Å². The lowest BCUT2D eigenvalue weighted by molar-refractivity contribution is 0.276. The zero-order valence-corrected chi connectivity index (χ0v) is 19.4. The number of benzene rings is 2. The maximum atomic E-state index is 4.01. The van der Waals surface area contributed by atoms with Gasteiger partial charge in [0.25, 0.3) is 0 Å². The number of nitrogens with zero attached hydrogens (tertiary/aromatic N) is 1. The summed E-state index contributed by atoms with van der Waals surface area (Å²) >= 11 is 7.99. The van der Waals surface area contributed by atoms with Crippen LogP contribution in [0.4, 0.5) is 0 Å². The van der Waals surface area contributed by atoms with Crippen molar-refractivity contribution < 1.29 is 0 Å². The van der Waals surface area contributed by atoms with E-state index in [2.05, 4.69) is 92.2 Å². The van der Waals surface area contributed by atoms with Gasteiger partial charge in [0.15, 0.2) is 0 Å². The summed E-state index contributed by atoms with van der Waals surface area (Å²) in [4.78, 5) is 2.55. The number of hydrogen-bond donors (Lipinski definition) is 0. The summed E-state index contributed by atoms with van der Waals surface area (Å²) < 4.78 is 0.517. The topological polar surface area (TPSA) is 3.24 Å². The average molecular weight is 491 g/mol. The molecule has 144 valence electrons. The van der Waals surface area contributed by atoms with Crippen molar-refractivity contribution >= 4 is 31.9 Å². The summed E-state index contributed by atoms with van der Waals surface area (Å²) in [5.74, 6) is 0. The van der Waals surface area contributed by atoms with Gasteiger partial charge in [-0.3, -0.25) is 4.90 Å². The number of alkyl halides is 2. The van der Waals surface area contributed by atoms with Gasteiger partial charge >= 0.3 is 0 Å². The van der Waals surface area contributed by atoms with Gasteiger partial charge in [-0.05, 0) is 73.9 Å². The van der Waals surface area contributed by atoms with Gasteiger partial charge in [-0.1, -0.05) is 87.3 Å². The van der Waals surface area contributed by atoms with Crippen LogP contribution in [0.1, 0.15) is 61.3 Å². The van der Waals surface area contributed by atoms with Crippen molar-refractivity contribution in [2.24, 2.45) is 0 Å². The standard InChI is InChI=1S/C24H29Br2N/c1-2-27(18-20-7-4-3-5-8-20)16-6-9-19-10-11-21(23(25)12-13-23)22(17-19)24(26)14-15-24/h3-5,7-8,10-11,17H,2,6,9,12-16,18H2,1H3. The molecule has 0 unspecified atom stereocenters. The van der Waals surface area contributed by atoms with E-state index in [9.17, 15) is 0 Å². The Hall–Kier alpha value is -0.640. The van der Waals surface area contributed by atoms with Crippen molar-refractivity contribution in [3.05, 3.63) is 70.8 Å².